The molecule has 1 aliphatic heterocycles. The van der Waals surface area contributed by atoms with E-state index in [4.69, 9.17) is 18.6 Å². The molecule has 1 N–H and O–H groups in total. The number of dihydropyridines is 1. The lowest BCUT2D eigenvalue weighted by atomic mass is 9.80. The van der Waals surface area contributed by atoms with Crippen molar-refractivity contribution in [2.24, 2.45) is 0 Å². The van der Waals surface area contributed by atoms with E-state index in [1.165, 1.54) is 12.2 Å². The second-order valence-corrected chi connectivity index (χ2v) is 8.92. The fourth-order valence-corrected chi connectivity index (χ4v) is 4.54. The molecule has 0 saturated heterocycles. The number of rotatable bonds is 9. The van der Waals surface area contributed by atoms with Crippen molar-refractivity contribution in [3.63, 3.8) is 0 Å². The molecule has 4 rings (SSSR count). The molecular weight excluding hydrogens is 498 g/mol. The summed E-state index contributed by atoms with van der Waals surface area (Å²) < 4.78 is 22.0. The molecule has 0 fully saturated rings. The van der Waals surface area contributed by atoms with Gasteiger partial charge in [-0.2, -0.15) is 0 Å². The Hall–Kier alpha value is -4.85. The summed E-state index contributed by atoms with van der Waals surface area (Å²) in [6.45, 7) is 12.5. The number of carbonyl (C=O) groups is 3. The molecule has 0 bridgehead atoms. The SMILES string of the molecule is C=CCOC(=O)C1=C(C)NC(C)=C(C(=O)OCC=C)C1c1ccc(OC(=O)c2oc3ccccc3c2C)cc1. The summed E-state index contributed by atoms with van der Waals surface area (Å²) in [6.07, 6.45) is 2.93. The van der Waals surface area contributed by atoms with E-state index in [9.17, 15) is 14.4 Å². The minimum absolute atomic E-state index is 0.0113. The van der Waals surface area contributed by atoms with E-state index in [-0.39, 0.29) is 35.9 Å². The molecule has 0 amide bonds. The number of nitrogens with one attached hydrogen (secondary N) is 1. The number of allylic oxidation sites excluding steroid dienone is 2. The second kappa shape index (κ2) is 11.7. The van der Waals surface area contributed by atoms with Crippen molar-refractivity contribution in [1.29, 1.82) is 0 Å². The Labute approximate surface area is 226 Å². The van der Waals surface area contributed by atoms with Gasteiger partial charge >= 0.3 is 17.9 Å². The van der Waals surface area contributed by atoms with Crippen molar-refractivity contribution in [2.75, 3.05) is 13.2 Å². The molecule has 2 aromatic carbocycles. The van der Waals surface area contributed by atoms with Crippen LogP contribution >= 0.6 is 0 Å². The summed E-state index contributed by atoms with van der Waals surface area (Å²) in [5.41, 5.74) is 3.50. The average molecular weight is 528 g/mol. The number of fused-ring (bicyclic) bond motifs is 1. The number of hydrogen-bond donors (Lipinski definition) is 1. The van der Waals surface area contributed by atoms with Crippen LogP contribution in [0.25, 0.3) is 11.0 Å². The first kappa shape index (κ1) is 27.2. The van der Waals surface area contributed by atoms with Crippen LogP contribution in [0.2, 0.25) is 0 Å². The van der Waals surface area contributed by atoms with E-state index in [0.717, 1.165) is 5.39 Å². The Morgan fingerprint density at radius 2 is 1.41 bits per heavy atom. The molecule has 3 aromatic rings. The van der Waals surface area contributed by atoms with Crippen molar-refractivity contribution in [3.05, 3.63) is 113 Å². The summed E-state index contributed by atoms with van der Waals surface area (Å²) in [5, 5.41) is 3.93. The maximum atomic E-state index is 13.1. The number of benzene rings is 2. The minimum Gasteiger partial charge on any atom is -0.458 e. The lowest BCUT2D eigenvalue weighted by Crippen LogP contribution is -2.32. The van der Waals surface area contributed by atoms with E-state index in [1.54, 1.807) is 51.1 Å². The molecule has 8 nitrogen and oxygen atoms in total. The minimum atomic E-state index is -0.789. The second-order valence-electron chi connectivity index (χ2n) is 8.92. The highest BCUT2D eigenvalue weighted by Crippen LogP contribution is 2.40. The maximum Gasteiger partial charge on any atom is 0.379 e. The third kappa shape index (κ3) is 5.55. The summed E-state index contributed by atoms with van der Waals surface area (Å²) in [7, 11) is 0. The zero-order chi connectivity index (χ0) is 28.1. The number of ether oxygens (including phenoxy) is 3. The number of carbonyl (C=O) groups excluding carboxylic acids is 3. The molecule has 0 atom stereocenters. The van der Waals surface area contributed by atoms with Gasteiger partial charge in [0, 0.05) is 22.3 Å². The van der Waals surface area contributed by atoms with Gasteiger partial charge in [0.05, 0.1) is 17.1 Å². The number of furan rings is 1. The standard InChI is InChI=1S/C31H29NO7/c1-6-16-36-29(33)25-19(4)32-20(5)26(30(34)37-17-7-2)27(25)21-12-14-22(15-13-21)38-31(35)28-18(3)23-10-8-9-11-24(23)39-28/h6-15,27,32H,1-2,16-17H2,3-5H3. The van der Waals surface area contributed by atoms with Crippen LogP contribution in [0.5, 0.6) is 5.75 Å². The lowest BCUT2D eigenvalue weighted by Gasteiger charge is -2.30. The molecule has 1 aromatic heterocycles. The fourth-order valence-electron chi connectivity index (χ4n) is 4.54. The predicted molar refractivity (Wildman–Crippen MR) is 146 cm³/mol. The van der Waals surface area contributed by atoms with Gasteiger partial charge in [-0.05, 0) is 44.5 Å². The summed E-state index contributed by atoms with van der Waals surface area (Å²) in [4.78, 5) is 39.0. The van der Waals surface area contributed by atoms with Gasteiger partial charge in [0.2, 0.25) is 5.76 Å². The van der Waals surface area contributed by atoms with Crippen molar-refractivity contribution < 1.29 is 33.0 Å². The maximum absolute atomic E-state index is 13.1. The van der Waals surface area contributed by atoms with Crippen molar-refractivity contribution in [2.45, 2.75) is 26.7 Å². The van der Waals surface area contributed by atoms with E-state index < -0.39 is 23.8 Å². The summed E-state index contributed by atoms with van der Waals surface area (Å²) >= 11 is 0. The van der Waals surface area contributed by atoms with Crippen LogP contribution in [0.4, 0.5) is 0 Å². The van der Waals surface area contributed by atoms with E-state index in [0.29, 0.717) is 28.1 Å². The van der Waals surface area contributed by atoms with Crippen LogP contribution in [0.15, 0.2) is 101 Å². The van der Waals surface area contributed by atoms with Crippen molar-refractivity contribution in [3.8, 4) is 5.75 Å². The van der Waals surface area contributed by atoms with Gasteiger partial charge in [0.1, 0.15) is 24.5 Å². The average Bonchev–Trinajstić information content (AvgIpc) is 3.27. The van der Waals surface area contributed by atoms with E-state index >= 15 is 0 Å². The van der Waals surface area contributed by atoms with Crippen LogP contribution in [0.3, 0.4) is 0 Å². The Morgan fingerprint density at radius 3 is 1.95 bits per heavy atom. The fraction of sp³-hybridized carbons (Fsp3) is 0.194. The lowest BCUT2D eigenvalue weighted by molar-refractivity contribution is -0.138. The van der Waals surface area contributed by atoms with Crippen molar-refractivity contribution in [1.82, 2.24) is 5.32 Å². The first-order valence-electron chi connectivity index (χ1n) is 12.3. The first-order valence-corrected chi connectivity index (χ1v) is 12.3. The van der Waals surface area contributed by atoms with E-state index in [2.05, 4.69) is 18.5 Å². The molecule has 2 heterocycles. The molecule has 200 valence electrons. The van der Waals surface area contributed by atoms with Gasteiger partial charge in [-0.3, -0.25) is 0 Å². The van der Waals surface area contributed by atoms with Crippen LogP contribution in [-0.4, -0.2) is 31.1 Å². The monoisotopic (exact) mass is 527 g/mol. The molecular formula is C31H29NO7. The molecule has 0 aliphatic carbocycles. The number of hydrogen-bond acceptors (Lipinski definition) is 8. The number of para-hydroxylation sites is 1. The highest BCUT2D eigenvalue weighted by atomic mass is 16.5. The first-order chi connectivity index (χ1) is 18.8. The van der Waals surface area contributed by atoms with Crippen molar-refractivity contribution >= 4 is 28.9 Å². The van der Waals surface area contributed by atoms with E-state index in [1.807, 2.05) is 18.2 Å². The van der Waals surface area contributed by atoms with Crippen LogP contribution in [0, 0.1) is 6.92 Å². The Kier molecular flexibility index (Phi) is 8.15. The van der Waals surface area contributed by atoms with Gasteiger partial charge in [0.15, 0.2) is 0 Å². The predicted octanol–water partition coefficient (Wildman–Crippen LogP) is 5.65. The Morgan fingerprint density at radius 1 is 0.846 bits per heavy atom. The van der Waals surface area contributed by atoms with Crippen LogP contribution in [-0.2, 0) is 19.1 Å². The normalized spacial score (nSPS) is 13.6. The smallest absolute Gasteiger partial charge is 0.379 e. The number of aryl methyl sites for hydroxylation is 1. The van der Waals surface area contributed by atoms with Gasteiger partial charge in [0.25, 0.3) is 0 Å². The van der Waals surface area contributed by atoms with Crippen LogP contribution in [0.1, 0.15) is 41.4 Å². The summed E-state index contributed by atoms with van der Waals surface area (Å²) in [6, 6.07) is 13.9. The zero-order valence-electron chi connectivity index (χ0n) is 22.0. The van der Waals surface area contributed by atoms with Crippen LogP contribution < -0.4 is 10.1 Å². The largest absolute Gasteiger partial charge is 0.458 e. The van der Waals surface area contributed by atoms with Gasteiger partial charge < -0.3 is 23.9 Å². The molecule has 0 unspecified atom stereocenters. The molecule has 39 heavy (non-hydrogen) atoms. The molecule has 0 saturated carbocycles. The molecule has 8 heteroatoms. The molecule has 0 radical (unpaired) electrons. The quantitative estimate of drug-likeness (QED) is 0.216. The number of esters is 3. The molecule has 0 spiro atoms. The van der Waals surface area contributed by atoms with Gasteiger partial charge in [-0.25, -0.2) is 14.4 Å². The third-order valence-electron chi connectivity index (χ3n) is 6.32. The van der Waals surface area contributed by atoms with Gasteiger partial charge in [-0.15, -0.1) is 0 Å². The Bertz CT molecular complexity index is 1480. The van der Waals surface area contributed by atoms with Gasteiger partial charge in [-0.1, -0.05) is 55.6 Å². The topological polar surface area (TPSA) is 104 Å². The highest BCUT2D eigenvalue weighted by molar-refractivity contribution is 6.00. The molecule has 1 aliphatic rings. The Balaban J connectivity index is 1.66. The third-order valence-corrected chi connectivity index (χ3v) is 6.32. The highest BCUT2D eigenvalue weighted by Gasteiger charge is 2.38. The summed E-state index contributed by atoms with van der Waals surface area (Å²) in [5.74, 6) is -2.22. The zero-order valence-corrected chi connectivity index (χ0v) is 22.0.